The van der Waals surface area contributed by atoms with Gasteiger partial charge in [0.25, 0.3) is 0 Å². The summed E-state index contributed by atoms with van der Waals surface area (Å²) in [7, 11) is 0. The van der Waals surface area contributed by atoms with E-state index < -0.39 is 0 Å². The van der Waals surface area contributed by atoms with E-state index in [0.717, 1.165) is 49.9 Å². The minimum absolute atomic E-state index is 0.275. The van der Waals surface area contributed by atoms with Gasteiger partial charge < -0.3 is 14.2 Å². The molecule has 1 aliphatic heterocycles. The zero-order valence-electron chi connectivity index (χ0n) is 17.6. The Morgan fingerprint density at radius 1 is 1.00 bits per heavy atom. The highest BCUT2D eigenvalue weighted by atomic mass is 16.3. The Labute approximate surface area is 170 Å². The Morgan fingerprint density at radius 2 is 1.75 bits per heavy atom. The van der Waals surface area contributed by atoms with E-state index in [1.54, 1.807) is 0 Å². The van der Waals surface area contributed by atoms with E-state index in [1.165, 1.54) is 51.6 Å². The summed E-state index contributed by atoms with van der Waals surface area (Å²) >= 11 is 0. The second-order valence-electron chi connectivity index (χ2n) is 9.20. The van der Waals surface area contributed by atoms with Crippen LogP contribution in [0.25, 0.3) is 0 Å². The highest BCUT2D eigenvalue weighted by Crippen LogP contribution is 2.29. The molecule has 0 bridgehead atoms. The van der Waals surface area contributed by atoms with E-state index >= 15 is 0 Å². The Hall–Kier alpha value is -1.33. The van der Waals surface area contributed by atoms with Gasteiger partial charge in [-0.3, -0.25) is 9.69 Å². The van der Waals surface area contributed by atoms with Crippen molar-refractivity contribution in [2.24, 2.45) is 5.92 Å². The number of carbonyl (C=O) groups excluding carboxylic acids is 1. The van der Waals surface area contributed by atoms with Crippen molar-refractivity contribution >= 4 is 5.91 Å². The molecule has 2 aliphatic carbocycles. The third kappa shape index (κ3) is 5.60. The van der Waals surface area contributed by atoms with Crippen LogP contribution in [0.5, 0.6) is 0 Å². The van der Waals surface area contributed by atoms with Crippen molar-refractivity contribution in [3.8, 4) is 0 Å². The summed E-state index contributed by atoms with van der Waals surface area (Å²) in [6, 6.07) is 4.42. The van der Waals surface area contributed by atoms with Gasteiger partial charge in [0, 0.05) is 25.7 Å². The molecule has 0 N–H and O–H groups in total. The zero-order chi connectivity index (χ0) is 19.3. The summed E-state index contributed by atoms with van der Waals surface area (Å²) in [6.07, 6.45) is 10.6. The summed E-state index contributed by atoms with van der Waals surface area (Å²) < 4.78 is 5.72. The van der Waals surface area contributed by atoms with E-state index in [4.69, 9.17) is 4.42 Å². The molecule has 3 aliphatic rings. The molecule has 0 spiro atoms. The minimum atomic E-state index is 0.275. The Kier molecular flexibility index (Phi) is 6.73. The second kappa shape index (κ2) is 9.45. The van der Waals surface area contributed by atoms with Gasteiger partial charge in [-0.15, -0.1) is 0 Å². The molecule has 0 radical (unpaired) electrons. The normalized spacial score (nSPS) is 22.9. The average molecular weight is 388 g/mol. The second-order valence-corrected chi connectivity index (χ2v) is 9.20. The summed E-state index contributed by atoms with van der Waals surface area (Å²) in [5.41, 5.74) is 0. The molecule has 1 saturated heterocycles. The maximum absolute atomic E-state index is 13.0. The zero-order valence-corrected chi connectivity index (χ0v) is 17.6. The quantitative estimate of drug-likeness (QED) is 0.716. The summed E-state index contributed by atoms with van der Waals surface area (Å²) in [5.74, 6) is 3.01. The van der Waals surface area contributed by atoms with Crippen molar-refractivity contribution in [3.05, 3.63) is 23.7 Å². The minimum Gasteiger partial charge on any atom is -0.464 e. The maximum Gasteiger partial charge on any atom is 0.237 e. The van der Waals surface area contributed by atoms with Gasteiger partial charge >= 0.3 is 0 Å². The fourth-order valence-electron chi connectivity index (χ4n) is 4.93. The largest absolute Gasteiger partial charge is 0.464 e. The Balaban J connectivity index is 1.26. The molecule has 2 heterocycles. The maximum atomic E-state index is 13.0. The van der Waals surface area contributed by atoms with Gasteiger partial charge in [0.1, 0.15) is 11.5 Å². The molecule has 1 aromatic heterocycles. The van der Waals surface area contributed by atoms with Crippen molar-refractivity contribution < 1.29 is 9.21 Å². The number of nitrogens with zero attached hydrogens (tertiary/aromatic N) is 3. The molecule has 0 atom stereocenters. The lowest BCUT2D eigenvalue weighted by Crippen LogP contribution is -2.42. The SMILES string of the molecule is Cc1ccc(CN(C(=O)CN2CCCN(CC3CCCCC3)CC2)C2CC2)o1. The molecule has 156 valence electrons. The third-order valence-electron chi connectivity index (χ3n) is 6.71. The van der Waals surface area contributed by atoms with E-state index in [-0.39, 0.29) is 5.91 Å². The molecule has 2 saturated carbocycles. The average Bonchev–Trinajstić information content (AvgIpc) is 3.48. The number of hydrogen-bond acceptors (Lipinski definition) is 4. The van der Waals surface area contributed by atoms with Crippen molar-refractivity contribution in [3.63, 3.8) is 0 Å². The molecule has 0 unspecified atom stereocenters. The molecule has 3 fully saturated rings. The van der Waals surface area contributed by atoms with E-state index in [9.17, 15) is 4.79 Å². The monoisotopic (exact) mass is 387 g/mol. The van der Waals surface area contributed by atoms with Gasteiger partial charge in [0.15, 0.2) is 0 Å². The predicted octanol–water partition coefficient (Wildman–Crippen LogP) is 3.67. The van der Waals surface area contributed by atoms with Crippen LogP contribution in [0.4, 0.5) is 0 Å². The Bertz CT molecular complexity index is 634. The van der Waals surface area contributed by atoms with Gasteiger partial charge in [-0.25, -0.2) is 0 Å². The van der Waals surface area contributed by atoms with Gasteiger partial charge in [-0.2, -0.15) is 0 Å². The lowest BCUT2D eigenvalue weighted by molar-refractivity contribution is -0.133. The summed E-state index contributed by atoms with van der Waals surface area (Å²) in [4.78, 5) is 20.1. The lowest BCUT2D eigenvalue weighted by atomic mass is 9.89. The fraction of sp³-hybridized carbons (Fsp3) is 0.783. The molecular weight excluding hydrogens is 350 g/mol. The predicted molar refractivity (Wildman–Crippen MR) is 111 cm³/mol. The standard InChI is InChI=1S/C23H37N3O2/c1-19-8-11-22(28-19)17-26(21-9-10-21)23(27)18-25-13-5-12-24(14-15-25)16-20-6-3-2-4-7-20/h8,11,20-21H,2-7,9-10,12-18H2,1H3. The van der Waals surface area contributed by atoms with Crippen molar-refractivity contribution in [1.82, 2.24) is 14.7 Å². The number of aryl methyl sites for hydroxylation is 1. The van der Waals surface area contributed by atoms with Crippen LogP contribution < -0.4 is 0 Å². The highest BCUT2D eigenvalue weighted by Gasteiger charge is 2.34. The number of hydrogen-bond donors (Lipinski definition) is 0. The van der Waals surface area contributed by atoms with Crippen molar-refractivity contribution in [2.45, 2.75) is 70.9 Å². The molecule has 5 nitrogen and oxygen atoms in total. The van der Waals surface area contributed by atoms with E-state index in [0.29, 0.717) is 19.1 Å². The molecule has 5 heteroatoms. The third-order valence-corrected chi connectivity index (χ3v) is 6.71. The number of carbonyl (C=O) groups is 1. The van der Waals surface area contributed by atoms with E-state index in [1.807, 2.05) is 19.1 Å². The van der Waals surface area contributed by atoms with Crippen molar-refractivity contribution in [1.29, 1.82) is 0 Å². The van der Waals surface area contributed by atoms with Crippen LogP contribution in [0.3, 0.4) is 0 Å². The van der Waals surface area contributed by atoms with Crippen LogP contribution in [-0.4, -0.2) is 65.9 Å². The first-order chi connectivity index (χ1) is 13.7. The van der Waals surface area contributed by atoms with Crippen LogP contribution in [0.2, 0.25) is 0 Å². The summed E-state index contributed by atoms with van der Waals surface area (Å²) in [5, 5.41) is 0. The van der Waals surface area contributed by atoms with Crippen LogP contribution in [0.1, 0.15) is 62.9 Å². The van der Waals surface area contributed by atoms with Crippen LogP contribution in [0.15, 0.2) is 16.5 Å². The number of amides is 1. The molecular formula is C23H37N3O2. The number of furan rings is 1. The van der Waals surface area contributed by atoms with Crippen LogP contribution in [0, 0.1) is 12.8 Å². The lowest BCUT2D eigenvalue weighted by Gasteiger charge is -2.29. The summed E-state index contributed by atoms with van der Waals surface area (Å²) in [6.45, 7) is 8.80. The van der Waals surface area contributed by atoms with Gasteiger partial charge in [0.2, 0.25) is 5.91 Å². The highest BCUT2D eigenvalue weighted by molar-refractivity contribution is 5.79. The smallest absolute Gasteiger partial charge is 0.237 e. The molecule has 0 aromatic carbocycles. The van der Waals surface area contributed by atoms with E-state index in [2.05, 4.69) is 14.7 Å². The van der Waals surface area contributed by atoms with Crippen LogP contribution in [-0.2, 0) is 11.3 Å². The molecule has 1 amide bonds. The first kappa shape index (κ1) is 20.0. The Morgan fingerprint density at radius 3 is 2.46 bits per heavy atom. The molecule has 28 heavy (non-hydrogen) atoms. The van der Waals surface area contributed by atoms with Crippen molar-refractivity contribution in [2.75, 3.05) is 39.3 Å². The topological polar surface area (TPSA) is 39.9 Å². The molecule has 1 aromatic rings. The first-order valence-electron chi connectivity index (χ1n) is 11.5. The van der Waals surface area contributed by atoms with Gasteiger partial charge in [-0.05, 0) is 70.2 Å². The molecule has 4 rings (SSSR count). The first-order valence-corrected chi connectivity index (χ1v) is 11.5. The fourth-order valence-corrected chi connectivity index (χ4v) is 4.93. The van der Waals surface area contributed by atoms with Gasteiger partial charge in [0.05, 0.1) is 13.1 Å². The van der Waals surface area contributed by atoms with Gasteiger partial charge in [-0.1, -0.05) is 19.3 Å². The van der Waals surface area contributed by atoms with Crippen LogP contribution >= 0.6 is 0 Å². The number of rotatable bonds is 7.